The van der Waals surface area contributed by atoms with E-state index in [9.17, 15) is 0 Å². The number of nitrogen functional groups attached to an aromatic ring is 1. The maximum Gasteiger partial charge on any atom is 0.240 e. The molecule has 4 heteroatoms. The van der Waals surface area contributed by atoms with Gasteiger partial charge in [0.15, 0.2) is 0 Å². The molecule has 0 saturated carbocycles. The molecule has 100 valence electrons. The third kappa shape index (κ3) is 3.16. The van der Waals surface area contributed by atoms with Crippen LogP contribution in [0.4, 0.5) is 5.69 Å². The SMILES string of the molecule is CCOc1nc(Oc2ccccc2CC)ccc1N. The minimum atomic E-state index is 0.411. The number of benzene rings is 1. The zero-order valence-electron chi connectivity index (χ0n) is 11.2. The Kier molecular flexibility index (Phi) is 4.23. The van der Waals surface area contributed by atoms with Crippen molar-refractivity contribution in [1.29, 1.82) is 0 Å². The molecule has 0 amide bonds. The lowest BCUT2D eigenvalue weighted by Gasteiger charge is -2.11. The lowest BCUT2D eigenvalue weighted by Crippen LogP contribution is -2.01. The second kappa shape index (κ2) is 6.09. The van der Waals surface area contributed by atoms with Gasteiger partial charge in [0.25, 0.3) is 0 Å². The van der Waals surface area contributed by atoms with Gasteiger partial charge in [0.1, 0.15) is 5.75 Å². The lowest BCUT2D eigenvalue weighted by atomic mass is 10.1. The zero-order chi connectivity index (χ0) is 13.7. The average Bonchev–Trinajstić information content (AvgIpc) is 2.43. The standard InChI is InChI=1S/C15H18N2O2/c1-3-11-7-5-6-8-13(11)19-14-10-9-12(16)15(17-14)18-4-2/h5-10H,3-4,16H2,1-2H3. The molecule has 2 N–H and O–H groups in total. The van der Waals surface area contributed by atoms with Gasteiger partial charge in [-0.3, -0.25) is 0 Å². The summed E-state index contributed by atoms with van der Waals surface area (Å²) in [7, 11) is 0. The highest BCUT2D eigenvalue weighted by molar-refractivity contribution is 5.50. The van der Waals surface area contributed by atoms with Crippen LogP contribution in [0.2, 0.25) is 0 Å². The van der Waals surface area contributed by atoms with Crippen molar-refractivity contribution in [2.24, 2.45) is 0 Å². The number of anilines is 1. The van der Waals surface area contributed by atoms with Gasteiger partial charge in [-0.1, -0.05) is 25.1 Å². The predicted molar refractivity (Wildman–Crippen MR) is 75.7 cm³/mol. The Morgan fingerprint density at radius 2 is 1.89 bits per heavy atom. The molecular weight excluding hydrogens is 240 g/mol. The largest absolute Gasteiger partial charge is 0.476 e. The van der Waals surface area contributed by atoms with Crippen LogP contribution in [-0.4, -0.2) is 11.6 Å². The molecule has 0 atom stereocenters. The molecule has 0 fully saturated rings. The molecule has 1 aromatic carbocycles. The van der Waals surface area contributed by atoms with Crippen molar-refractivity contribution < 1.29 is 9.47 Å². The minimum Gasteiger partial charge on any atom is -0.476 e. The zero-order valence-corrected chi connectivity index (χ0v) is 11.2. The second-order valence-electron chi connectivity index (χ2n) is 4.04. The first-order valence-electron chi connectivity index (χ1n) is 6.39. The van der Waals surface area contributed by atoms with Gasteiger partial charge in [0, 0.05) is 6.07 Å². The van der Waals surface area contributed by atoms with Crippen molar-refractivity contribution in [2.45, 2.75) is 20.3 Å². The number of aryl methyl sites for hydroxylation is 1. The van der Waals surface area contributed by atoms with Gasteiger partial charge >= 0.3 is 0 Å². The Morgan fingerprint density at radius 3 is 2.63 bits per heavy atom. The Morgan fingerprint density at radius 1 is 1.11 bits per heavy atom. The first kappa shape index (κ1) is 13.2. The maximum absolute atomic E-state index is 5.80. The quantitative estimate of drug-likeness (QED) is 0.892. The summed E-state index contributed by atoms with van der Waals surface area (Å²) in [6, 6.07) is 11.4. The van der Waals surface area contributed by atoms with Crippen LogP contribution < -0.4 is 15.2 Å². The van der Waals surface area contributed by atoms with E-state index in [2.05, 4.69) is 11.9 Å². The Bertz CT molecular complexity index is 556. The van der Waals surface area contributed by atoms with Crippen molar-refractivity contribution in [2.75, 3.05) is 12.3 Å². The van der Waals surface area contributed by atoms with E-state index in [0.29, 0.717) is 24.1 Å². The molecule has 1 heterocycles. The maximum atomic E-state index is 5.80. The summed E-state index contributed by atoms with van der Waals surface area (Å²) in [5, 5.41) is 0. The summed E-state index contributed by atoms with van der Waals surface area (Å²) in [4.78, 5) is 4.26. The van der Waals surface area contributed by atoms with E-state index in [1.165, 1.54) is 0 Å². The number of hydrogen-bond donors (Lipinski definition) is 1. The van der Waals surface area contributed by atoms with Gasteiger partial charge in [-0.05, 0) is 31.0 Å². The first-order valence-corrected chi connectivity index (χ1v) is 6.39. The highest BCUT2D eigenvalue weighted by atomic mass is 16.5. The Balaban J connectivity index is 2.25. The Hall–Kier alpha value is -2.23. The fourth-order valence-electron chi connectivity index (χ4n) is 1.75. The van der Waals surface area contributed by atoms with Crippen LogP contribution in [0.5, 0.6) is 17.5 Å². The molecule has 2 rings (SSSR count). The number of para-hydroxylation sites is 1. The second-order valence-corrected chi connectivity index (χ2v) is 4.04. The topological polar surface area (TPSA) is 57.4 Å². The van der Waals surface area contributed by atoms with Crippen LogP contribution >= 0.6 is 0 Å². The fourth-order valence-corrected chi connectivity index (χ4v) is 1.75. The summed E-state index contributed by atoms with van der Waals surface area (Å²) >= 11 is 0. The molecule has 0 spiro atoms. The Labute approximate surface area is 113 Å². The van der Waals surface area contributed by atoms with E-state index in [0.717, 1.165) is 17.7 Å². The molecule has 19 heavy (non-hydrogen) atoms. The predicted octanol–water partition coefficient (Wildman–Crippen LogP) is 3.42. The van der Waals surface area contributed by atoms with E-state index in [1.807, 2.05) is 31.2 Å². The van der Waals surface area contributed by atoms with E-state index in [-0.39, 0.29) is 0 Å². The summed E-state index contributed by atoms with van der Waals surface area (Å²) in [5.74, 6) is 1.71. The number of hydrogen-bond acceptors (Lipinski definition) is 4. The van der Waals surface area contributed by atoms with E-state index >= 15 is 0 Å². The molecular formula is C15H18N2O2. The molecule has 2 aromatic rings. The van der Waals surface area contributed by atoms with Crippen molar-refractivity contribution >= 4 is 5.69 Å². The number of nitrogens with two attached hydrogens (primary N) is 1. The van der Waals surface area contributed by atoms with Crippen LogP contribution in [0.1, 0.15) is 19.4 Å². The molecule has 0 unspecified atom stereocenters. The monoisotopic (exact) mass is 258 g/mol. The van der Waals surface area contributed by atoms with E-state index in [4.69, 9.17) is 15.2 Å². The van der Waals surface area contributed by atoms with Crippen LogP contribution in [0.3, 0.4) is 0 Å². The minimum absolute atomic E-state index is 0.411. The lowest BCUT2D eigenvalue weighted by molar-refractivity contribution is 0.323. The van der Waals surface area contributed by atoms with Gasteiger partial charge in [-0.15, -0.1) is 0 Å². The van der Waals surface area contributed by atoms with Crippen LogP contribution in [0.15, 0.2) is 36.4 Å². The number of pyridine rings is 1. The molecule has 4 nitrogen and oxygen atoms in total. The normalized spacial score (nSPS) is 10.2. The molecule has 0 aliphatic rings. The fraction of sp³-hybridized carbons (Fsp3) is 0.267. The molecule has 1 aromatic heterocycles. The molecule has 0 bridgehead atoms. The third-order valence-electron chi connectivity index (χ3n) is 2.71. The summed E-state index contributed by atoms with van der Waals surface area (Å²) in [5.41, 5.74) is 7.43. The summed E-state index contributed by atoms with van der Waals surface area (Å²) in [6.45, 7) is 4.50. The molecule has 0 radical (unpaired) electrons. The highest BCUT2D eigenvalue weighted by Gasteiger charge is 2.07. The van der Waals surface area contributed by atoms with Crippen molar-refractivity contribution in [3.8, 4) is 17.5 Å². The van der Waals surface area contributed by atoms with Crippen molar-refractivity contribution in [3.63, 3.8) is 0 Å². The van der Waals surface area contributed by atoms with Gasteiger partial charge < -0.3 is 15.2 Å². The highest BCUT2D eigenvalue weighted by Crippen LogP contribution is 2.28. The van der Waals surface area contributed by atoms with Crippen LogP contribution in [0.25, 0.3) is 0 Å². The number of rotatable bonds is 5. The van der Waals surface area contributed by atoms with Crippen LogP contribution in [0, 0.1) is 0 Å². The molecule has 0 aliphatic carbocycles. The van der Waals surface area contributed by atoms with E-state index in [1.54, 1.807) is 12.1 Å². The van der Waals surface area contributed by atoms with E-state index < -0.39 is 0 Å². The van der Waals surface area contributed by atoms with Crippen molar-refractivity contribution in [1.82, 2.24) is 4.98 Å². The summed E-state index contributed by atoms with van der Waals surface area (Å²) in [6.07, 6.45) is 0.906. The van der Waals surface area contributed by atoms with Gasteiger partial charge in [-0.25, -0.2) is 0 Å². The van der Waals surface area contributed by atoms with Gasteiger partial charge in [0.05, 0.1) is 12.3 Å². The first-order chi connectivity index (χ1) is 9.24. The smallest absolute Gasteiger partial charge is 0.240 e. The number of ether oxygens (including phenoxy) is 2. The van der Waals surface area contributed by atoms with Gasteiger partial charge in [-0.2, -0.15) is 4.98 Å². The molecule has 0 aliphatic heterocycles. The summed E-state index contributed by atoms with van der Waals surface area (Å²) < 4.78 is 11.2. The van der Waals surface area contributed by atoms with Crippen molar-refractivity contribution in [3.05, 3.63) is 42.0 Å². The van der Waals surface area contributed by atoms with Crippen LogP contribution in [-0.2, 0) is 6.42 Å². The number of nitrogens with zero attached hydrogens (tertiary/aromatic N) is 1. The third-order valence-corrected chi connectivity index (χ3v) is 2.71. The number of aromatic nitrogens is 1. The molecule has 0 saturated heterocycles. The van der Waals surface area contributed by atoms with Gasteiger partial charge in [0.2, 0.25) is 11.8 Å². The average molecular weight is 258 g/mol.